The van der Waals surface area contributed by atoms with E-state index in [0.717, 1.165) is 44.1 Å². The predicted octanol–water partition coefficient (Wildman–Crippen LogP) is 3.24. The quantitative estimate of drug-likeness (QED) is 0.732. The molecule has 0 aliphatic heterocycles. The number of amides is 1. The average molecular weight is 397 g/mol. The highest BCUT2D eigenvalue weighted by atomic mass is 32.2. The molecule has 6 nitrogen and oxygen atoms in total. The molecule has 7 heteroatoms. The van der Waals surface area contributed by atoms with E-state index in [4.69, 9.17) is 4.74 Å². The minimum Gasteiger partial charge on any atom is -0.495 e. The van der Waals surface area contributed by atoms with E-state index < -0.39 is 10.0 Å². The topological polar surface area (TPSA) is 75.7 Å². The van der Waals surface area contributed by atoms with E-state index in [-0.39, 0.29) is 29.4 Å². The van der Waals surface area contributed by atoms with E-state index in [1.54, 1.807) is 12.1 Å². The largest absolute Gasteiger partial charge is 0.495 e. The number of methoxy groups -OCH3 is 1. The molecular formula is C20H32N2O4S. The first-order valence-electron chi connectivity index (χ1n) is 9.75. The molecule has 27 heavy (non-hydrogen) atoms. The normalized spacial score (nSPS) is 16.9. The van der Waals surface area contributed by atoms with Crippen molar-refractivity contribution in [2.75, 3.05) is 13.7 Å². The minimum atomic E-state index is -3.86. The summed E-state index contributed by atoms with van der Waals surface area (Å²) in [5, 5.41) is 2.89. The highest BCUT2D eigenvalue weighted by molar-refractivity contribution is 7.89. The van der Waals surface area contributed by atoms with Crippen LogP contribution in [0.5, 0.6) is 5.75 Å². The summed E-state index contributed by atoms with van der Waals surface area (Å²) >= 11 is 0. The average Bonchev–Trinajstić information content (AvgIpc) is 2.66. The van der Waals surface area contributed by atoms with Crippen molar-refractivity contribution in [2.24, 2.45) is 0 Å². The Morgan fingerprint density at radius 2 is 1.96 bits per heavy atom. The number of hydrogen-bond acceptors (Lipinski definition) is 4. The first-order valence-corrected chi connectivity index (χ1v) is 11.2. The van der Waals surface area contributed by atoms with E-state index >= 15 is 0 Å². The second-order valence-electron chi connectivity index (χ2n) is 7.37. The molecule has 0 aromatic heterocycles. The van der Waals surface area contributed by atoms with Crippen LogP contribution in [0.2, 0.25) is 0 Å². The van der Waals surface area contributed by atoms with Crippen LogP contribution in [0.25, 0.3) is 0 Å². The molecule has 0 unspecified atom stereocenters. The molecule has 1 aromatic carbocycles. The molecule has 2 rings (SSSR count). The third-order valence-corrected chi connectivity index (χ3v) is 7.13. The van der Waals surface area contributed by atoms with Gasteiger partial charge in [-0.25, -0.2) is 8.42 Å². The molecule has 0 heterocycles. The molecule has 0 spiro atoms. The van der Waals surface area contributed by atoms with Crippen LogP contribution in [0.3, 0.4) is 0 Å². The Morgan fingerprint density at radius 3 is 2.56 bits per heavy atom. The molecule has 0 bridgehead atoms. The number of benzene rings is 1. The van der Waals surface area contributed by atoms with Gasteiger partial charge < -0.3 is 10.1 Å². The summed E-state index contributed by atoms with van der Waals surface area (Å²) in [7, 11) is -2.39. The van der Waals surface area contributed by atoms with Gasteiger partial charge in [-0.3, -0.25) is 4.79 Å². The molecule has 1 fully saturated rings. The monoisotopic (exact) mass is 396 g/mol. The van der Waals surface area contributed by atoms with Crippen LogP contribution in [0.4, 0.5) is 0 Å². The Labute approximate surface area is 163 Å². The van der Waals surface area contributed by atoms with Gasteiger partial charge in [0.2, 0.25) is 15.9 Å². The standard InChI is InChI=1S/C20H32N2O4S/c1-5-16(3)21-20(23)14-22(17-9-7-6-8-10-17)27(24,25)19-13-15(2)11-12-18(19)26-4/h11-13,16-17H,5-10,14H2,1-4H3,(H,21,23)/t16-/m0/s1. The maximum atomic E-state index is 13.5. The number of nitrogens with one attached hydrogen (secondary N) is 1. The highest BCUT2D eigenvalue weighted by Crippen LogP contribution is 2.32. The van der Waals surface area contributed by atoms with Crippen molar-refractivity contribution in [2.45, 2.75) is 76.3 Å². The van der Waals surface area contributed by atoms with Crippen molar-refractivity contribution < 1.29 is 17.9 Å². The van der Waals surface area contributed by atoms with Crippen LogP contribution in [0, 0.1) is 6.92 Å². The molecular weight excluding hydrogens is 364 g/mol. The SMILES string of the molecule is CC[C@H](C)NC(=O)CN(C1CCCCC1)S(=O)(=O)c1cc(C)ccc1OC. The Balaban J connectivity index is 2.39. The first-order chi connectivity index (χ1) is 12.8. The molecule has 1 amide bonds. The van der Waals surface area contributed by atoms with Crippen molar-refractivity contribution >= 4 is 15.9 Å². The maximum Gasteiger partial charge on any atom is 0.247 e. The Kier molecular flexibility index (Phi) is 7.68. The van der Waals surface area contributed by atoms with Crippen LogP contribution < -0.4 is 10.1 Å². The molecule has 1 aliphatic rings. The number of carbonyl (C=O) groups excluding carboxylic acids is 1. The van der Waals surface area contributed by atoms with Gasteiger partial charge in [-0.05, 0) is 50.8 Å². The van der Waals surface area contributed by atoms with Crippen LogP contribution in [-0.4, -0.2) is 44.4 Å². The second kappa shape index (κ2) is 9.55. The number of carbonyl (C=O) groups is 1. The fourth-order valence-corrected chi connectivity index (χ4v) is 5.34. The third kappa shape index (κ3) is 5.45. The number of ether oxygens (including phenoxy) is 1. The summed E-state index contributed by atoms with van der Waals surface area (Å²) in [6.45, 7) is 5.59. The minimum absolute atomic E-state index is 0.0157. The van der Waals surface area contributed by atoms with Gasteiger partial charge in [0.1, 0.15) is 10.6 Å². The summed E-state index contributed by atoms with van der Waals surface area (Å²) in [5.41, 5.74) is 0.835. The number of aryl methyl sites for hydroxylation is 1. The molecule has 1 aromatic rings. The van der Waals surface area contributed by atoms with Crippen molar-refractivity contribution in [3.63, 3.8) is 0 Å². The zero-order valence-corrected chi connectivity index (χ0v) is 17.6. The van der Waals surface area contributed by atoms with Gasteiger partial charge in [-0.2, -0.15) is 4.31 Å². The van der Waals surface area contributed by atoms with Crippen LogP contribution in [0.15, 0.2) is 23.1 Å². The van der Waals surface area contributed by atoms with Gasteiger partial charge in [0.25, 0.3) is 0 Å². The number of hydrogen-bond donors (Lipinski definition) is 1. The van der Waals surface area contributed by atoms with Gasteiger partial charge in [0, 0.05) is 12.1 Å². The van der Waals surface area contributed by atoms with E-state index in [1.165, 1.54) is 11.4 Å². The molecule has 1 aliphatic carbocycles. The van der Waals surface area contributed by atoms with Crippen LogP contribution >= 0.6 is 0 Å². The molecule has 1 saturated carbocycles. The van der Waals surface area contributed by atoms with Gasteiger partial charge in [0.15, 0.2) is 0 Å². The van der Waals surface area contributed by atoms with Crippen molar-refractivity contribution in [3.05, 3.63) is 23.8 Å². The third-order valence-electron chi connectivity index (χ3n) is 5.21. The van der Waals surface area contributed by atoms with Crippen LogP contribution in [-0.2, 0) is 14.8 Å². The molecule has 0 radical (unpaired) electrons. The summed E-state index contributed by atoms with van der Waals surface area (Å²) in [4.78, 5) is 12.6. The van der Waals surface area contributed by atoms with Crippen LogP contribution in [0.1, 0.15) is 57.9 Å². The van der Waals surface area contributed by atoms with Gasteiger partial charge >= 0.3 is 0 Å². The predicted molar refractivity (Wildman–Crippen MR) is 106 cm³/mol. The van der Waals surface area contributed by atoms with Gasteiger partial charge in [-0.15, -0.1) is 0 Å². The zero-order valence-electron chi connectivity index (χ0n) is 16.8. The van der Waals surface area contributed by atoms with E-state index in [2.05, 4.69) is 5.32 Å². The zero-order chi connectivity index (χ0) is 20.0. The molecule has 152 valence electrons. The fraction of sp³-hybridized carbons (Fsp3) is 0.650. The number of rotatable bonds is 8. The fourth-order valence-electron chi connectivity index (χ4n) is 3.46. The van der Waals surface area contributed by atoms with Gasteiger partial charge in [-0.1, -0.05) is 32.3 Å². The molecule has 1 atom stereocenters. The Hall–Kier alpha value is -1.60. The highest BCUT2D eigenvalue weighted by Gasteiger charge is 2.35. The number of nitrogens with zero attached hydrogens (tertiary/aromatic N) is 1. The summed E-state index contributed by atoms with van der Waals surface area (Å²) in [6, 6.07) is 4.97. The number of sulfonamides is 1. The van der Waals surface area contributed by atoms with Crippen molar-refractivity contribution in [3.8, 4) is 5.75 Å². The van der Waals surface area contributed by atoms with Crippen molar-refractivity contribution in [1.82, 2.24) is 9.62 Å². The Bertz CT molecular complexity index is 742. The van der Waals surface area contributed by atoms with Crippen molar-refractivity contribution in [1.29, 1.82) is 0 Å². The lowest BCUT2D eigenvalue weighted by Gasteiger charge is -2.33. The summed E-state index contributed by atoms with van der Waals surface area (Å²) < 4.78 is 33.7. The van der Waals surface area contributed by atoms with E-state index in [0.29, 0.717) is 5.75 Å². The molecule has 0 saturated heterocycles. The van der Waals surface area contributed by atoms with Gasteiger partial charge in [0.05, 0.1) is 13.7 Å². The lowest BCUT2D eigenvalue weighted by Crippen LogP contribution is -2.48. The first kappa shape index (κ1) is 21.7. The van der Waals surface area contributed by atoms with E-state index in [1.807, 2.05) is 26.8 Å². The van der Waals surface area contributed by atoms with E-state index in [9.17, 15) is 13.2 Å². The second-order valence-corrected chi connectivity index (χ2v) is 9.23. The summed E-state index contributed by atoms with van der Waals surface area (Å²) in [6.07, 6.45) is 5.43. The molecule has 1 N–H and O–H groups in total. The maximum absolute atomic E-state index is 13.5. The lowest BCUT2D eigenvalue weighted by molar-refractivity contribution is -0.122. The smallest absolute Gasteiger partial charge is 0.247 e. The Morgan fingerprint density at radius 1 is 1.30 bits per heavy atom. The lowest BCUT2D eigenvalue weighted by atomic mass is 9.95. The summed E-state index contributed by atoms with van der Waals surface area (Å²) in [5.74, 6) is 0.0499.